The van der Waals surface area contributed by atoms with Crippen LogP contribution in [0.1, 0.15) is 5.69 Å². The van der Waals surface area contributed by atoms with E-state index in [9.17, 15) is 13.2 Å². The van der Waals surface area contributed by atoms with Gasteiger partial charge in [0.1, 0.15) is 5.75 Å². The minimum absolute atomic E-state index is 0.122. The molecular weight excluding hydrogens is 342 g/mol. The van der Waals surface area contributed by atoms with Gasteiger partial charge in [0, 0.05) is 19.3 Å². The number of ether oxygens (including phenoxy) is 1. The van der Waals surface area contributed by atoms with Crippen molar-refractivity contribution in [2.45, 2.75) is 6.54 Å². The second kappa shape index (κ2) is 9.14. The molecule has 0 aliphatic carbocycles. The lowest BCUT2D eigenvalue weighted by molar-refractivity contribution is -0.123. The van der Waals surface area contributed by atoms with Gasteiger partial charge in [-0.25, -0.2) is 8.42 Å². The lowest BCUT2D eigenvalue weighted by Gasteiger charge is -2.19. The molecule has 1 N–H and O–H groups in total. The van der Waals surface area contributed by atoms with Crippen LogP contribution in [-0.4, -0.2) is 49.6 Å². The van der Waals surface area contributed by atoms with Crippen LogP contribution in [0.2, 0.25) is 0 Å². The zero-order valence-electron chi connectivity index (χ0n) is 14.0. The van der Waals surface area contributed by atoms with Crippen molar-refractivity contribution in [2.24, 2.45) is 0 Å². The summed E-state index contributed by atoms with van der Waals surface area (Å²) in [4.78, 5) is 15.9. The van der Waals surface area contributed by atoms with Crippen molar-refractivity contribution < 1.29 is 17.9 Å². The summed E-state index contributed by atoms with van der Waals surface area (Å²) in [5, 5.41) is 2.65. The van der Waals surface area contributed by atoms with Gasteiger partial charge in [0.05, 0.1) is 18.5 Å². The minimum atomic E-state index is -3.41. The van der Waals surface area contributed by atoms with Crippen LogP contribution in [0.5, 0.6) is 5.75 Å². The fourth-order valence-corrected chi connectivity index (χ4v) is 2.86. The monoisotopic (exact) mass is 363 g/mol. The van der Waals surface area contributed by atoms with Crippen molar-refractivity contribution in [3.63, 3.8) is 0 Å². The Morgan fingerprint density at radius 2 is 1.88 bits per heavy atom. The summed E-state index contributed by atoms with van der Waals surface area (Å²) in [7, 11) is -3.41. The number of amides is 1. The highest BCUT2D eigenvalue weighted by atomic mass is 32.2. The van der Waals surface area contributed by atoms with Crippen molar-refractivity contribution in [1.82, 2.24) is 14.6 Å². The van der Waals surface area contributed by atoms with E-state index in [0.717, 1.165) is 6.26 Å². The number of carbonyl (C=O) groups is 1. The number of hydrogen-bond acceptors (Lipinski definition) is 5. The molecule has 0 atom stereocenters. The summed E-state index contributed by atoms with van der Waals surface area (Å²) in [6.45, 7) is 0.391. The predicted octanol–water partition coefficient (Wildman–Crippen LogP) is 1.04. The molecule has 0 fully saturated rings. The third-order valence-electron chi connectivity index (χ3n) is 3.33. The Kier molecular flexibility index (Phi) is 6.91. The zero-order chi connectivity index (χ0) is 18.1. The summed E-state index contributed by atoms with van der Waals surface area (Å²) in [5.41, 5.74) is 0.645. The number of carbonyl (C=O) groups excluding carboxylic acids is 1. The summed E-state index contributed by atoms with van der Waals surface area (Å²) < 4.78 is 30.4. The fourth-order valence-electron chi connectivity index (χ4n) is 2.07. The molecule has 0 aliphatic heterocycles. The highest BCUT2D eigenvalue weighted by Gasteiger charge is 2.17. The number of hydrogen-bond donors (Lipinski definition) is 1. The molecule has 0 unspecified atom stereocenters. The van der Waals surface area contributed by atoms with Gasteiger partial charge < -0.3 is 10.1 Å². The van der Waals surface area contributed by atoms with Crippen LogP contribution in [0.4, 0.5) is 0 Å². The van der Waals surface area contributed by atoms with E-state index in [1.54, 1.807) is 36.5 Å². The van der Waals surface area contributed by atoms with Crippen LogP contribution in [-0.2, 0) is 21.4 Å². The molecule has 7 nitrogen and oxygen atoms in total. The Balaban J connectivity index is 1.79. The first-order valence-electron chi connectivity index (χ1n) is 7.75. The number of sulfonamides is 1. The average Bonchev–Trinajstić information content (AvgIpc) is 2.60. The SMILES string of the molecule is CS(=O)(=O)N(CCNC(=O)COc1ccccc1)Cc1ccccn1. The number of para-hydroxylation sites is 1. The van der Waals surface area contributed by atoms with Crippen LogP contribution in [0.25, 0.3) is 0 Å². The first-order chi connectivity index (χ1) is 11.9. The maximum Gasteiger partial charge on any atom is 0.257 e. The van der Waals surface area contributed by atoms with E-state index in [0.29, 0.717) is 11.4 Å². The van der Waals surface area contributed by atoms with E-state index in [-0.39, 0.29) is 32.1 Å². The molecule has 0 aliphatic rings. The van der Waals surface area contributed by atoms with E-state index < -0.39 is 10.0 Å². The van der Waals surface area contributed by atoms with Gasteiger partial charge in [-0.15, -0.1) is 0 Å². The van der Waals surface area contributed by atoms with Gasteiger partial charge in [-0.1, -0.05) is 24.3 Å². The molecular formula is C17H21N3O4S. The van der Waals surface area contributed by atoms with Crippen LogP contribution in [0, 0.1) is 0 Å². The van der Waals surface area contributed by atoms with Gasteiger partial charge in [0.2, 0.25) is 10.0 Å². The Hall–Kier alpha value is -2.45. The molecule has 134 valence electrons. The number of pyridine rings is 1. The molecule has 1 heterocycles. The van der Waals surface area contributed by atoms with Crippen LogP contribution >= 0.6 is 0 Å². The predicted molar refractivity (Wildman–Crippen MR) is 94.4 cm³/mol. The van der Waals surface area contributed by atoms with Crippen molar-refractivity contribution in [2.75, 3.05) is 26.0 Å². The molecule has 0 spiro atoms. The summed E-state index contributed by atoms with van der Waals surface area (Å²) >= 11 is 0. The smallest absolute Gasteiger partial charge is 0.257 e. The summed E-state index contributed by atoms with van der Waals surface area (Å²) in [6, 6.07) is 14.3. The number of aromatic nitrogens is 1. The van der Waals surface area contributed by atoms with Gasteiger partial charge >= 0.3 is 0 Å². The topological polar surface area (TPSA) is 88.6 Å². The Bertz CT molecular complexity index is 767. The van der Waals surface area contributed by atoms with E-state index in [1.807, 2.05) is 18.2 Å². The van der Waals surface area contributed by atoms with E-state index >= 15 is 0 Å². The second-order valence-corrected chi connectivity index (χ2v) is 7.35. The Labute approximate surface area is 147 Å². The fraction of sp³-hybridized carbons (Fsp3) is 0.294. The van der Waals surface area contributed by atoms with Gasteiger partial charge in [-0.05, 0) is 24.3 Å². The number of nitrogens with zero attached hydrogens (tertiary/aromatic N) is 2. The molecule has 0 radical (unpaired) electrons. The van der Waals surface area contributed by atoms with Crippen LogP contribution < -0.4 is 10.1 Å². The van der Waals surface area contributed by atoms with E-state index in [1.165, 1.54) is 4.31 Å². The van der Waals surface area contributed by atoms with Gasteiger partial charge in [-0.3, -0.25) is 9.78 Å². The standard InChI is InChI=1S/C17H21N3O4S/c1-25(22,23)20(13-15-7-5-6-10-18-15)12-11-19-17(21)14-24-16-8-3-2-4-9-16/h2-10H,11-14H2,1H3,(H,19,21). The molecule has 8 heteroatoms. The summed E-state index contributed by atoms with van der Waals surface area (Å²) in [5.74, 6) is 0.292. The van der Waals surface area contributed by atoms with Crippen molar-refractivity contribution in [3.8, 4) is 5.75 Å². The average molecular weight is 363 g/mol. The third kappa shape index (κ3) is 6.90. The zero-order valence-corrected chi connectivity index (χ0v) is 14.8. The third-order valence-corrected chi connectivity index (χ3v) is 4.58. The number of rotatable bonds is 9. The number of nitrogens with one attached hydrogen (secondary N) is 1. The van der Waals surface area contributed by atoms with E-state index in [4.69, 9.17) is 4.74 Å². The highest BCUT2D eigenvalue weighted by molar-refractivity contribution is 7.88. The van der Waals surface area contributed by atoms with Crippen molar-refractivity contribution in [3.05, 3.63) is 60.4 Å². The molecule has 0 saturated heterocycles. The van der Waals surface area contributed by atoms with Gasteiger partial charge in [-0.2, -0.15) is 4.31 Å². The Morgan fingerprint density at radius 3 is 2.52 bits per heavy atom. The first kappa shape index (κ1) is 18.9. The first-order valence-corrected chi connectivity index (χ1v) is 9.59. The van der Waals surface area contributed by atoms with Crippen molar-refractivity contribution in [1.29, 1.82) is 0 Å². The maximum atomic E-state index is 11.9. The minimum Gasteiger partial charge on any atom is -0.484 e. The molecule has 25 heavy (non-hydrogen) atoms. The second-order valence-electron chi connectivity index (χ2n) is 5.37. The van der Waals surface area contributed by atoms with E-state index in [2.05, 4.69) is 10.3 Å². The Morgan fingerprint density at radius 1 is 1.16 bits per heavy atom. The number of benzene rings is 1. The summed E-state index contributed by atoms with van der Waals surface area (Å²) in [6.07, 6.45) is 2.74. The quantitative estimate of drug-likeness (QED) is 0.719. The molecule has 0 saturated carbocycles. The maximum absolute atomic E-state index is 11.9. The van der Waals surface area contributed by atoms with Crippen molar-refractivity contribution >= 4 is 15.9 Å². The normalized spacial score (nSPS) is 11.3. The van der Waals surface area contributed by atoms with Crippen LogP contribution in [0.3, 0.4) is 0 Å². The highest BCUT2D eigenvalue weighted by Crippen LogP contribution is 2.08. The molecule has 1 aromatic carbocycles. The van der Waals surface area contributed by atoms with Gasteiger partial charge in [0.25, 0.3) is 5.91 Å². The molecule has 0 bridgehead atoms. The van der Waals surface area contributed by atoms with Gasteiger partial charge in [0.15, 0.2) is 6.61 Å². The lowest BCUT2D eigenvalue weighted by atomic mass is 10.3. The molecule has 2 rings (SSSR count). The lowest BCUT2D eigenvalue weighted by Crippen LogP contribution is -2.39. The van der Waals surface area contributed by atoms with Crippen LogP contribution in [0.15, 0.2) is 54.7 Å². The molecule has 1 aromatic heterocycles. The molecule has 2 aromatic rings. The molecule has 1 amide bonds. The largest absolute Gasteiger partial charge is 0.484 e.